The van der Waals surface area contributed by atoms with Crippen molar-refractivity contribution in [2.24, 2.45) is 5.92 Å². The molecule has 0 radical (unpaired) electrons. The average molecular weight is 336 g/mol. The Bertz CT molecular complexity index is 734. The number of likely N-dealkylation sites (tertiary alicyclic amines) is 1. The van der Waals surface area contributed by atoms with Gasteiger partial charge in [-0.1, -0.05) is 37.1 Å². The van der Waals surface area contributed by atoms with Gasteiger partial charge >= 0.3 is 0 Å². The van der Waals surface area contributed by atoms with Crippen LogP contribution in [-0.2, 0) is 5.60 Å². The van der Waals surface area contributed by atoms with Gasteiger partial charge in [-0.05, 0) is 37.5 Å². The zero-order chi connectivity index (χ0) is 17.3. The molecule has 130 valence electrons. The molecule has 1 aliphatic heterocycles. The lowest BCUT2D eigenvalue weighted by Crippen LogP contribution is -2.59. The molecule has 2 aliphatic rings. The molecule has 1 aromatic heterocycles. The molecule has 1 aliphatic carbocycles. The molecule has 2 fully saturated rings. The summed E-state index contributed by atoms with van der Waals surface area (Å²) in [6.07, 6.45) is 8.22. The number of carbonyl (C=O) groups is 1. The molecule has 4 heteroatoms. The van der Waals surface area contributed by atoms with Crippen LogP contribution >= 0.6 is 0 Å². The Morgan fingerprint density at radius 3 is 2.68 bits per heavy atom. The van der Waals surface area contributed by atoms with Crippen molar-refractivity contribution in [3.63, 3.8) is 0 Å². The number of nitrogens with zero attached hydrogens (tertiary/aromatic N) is 2. The van der Waals surface area contributed by atoms with Crippen LogP contribution in [0.15, 0.2) is 54.9 Å². The first-order valence-corrected chi connectivity index (χ1v) is 9.19. The summed E-state index contributed by atoms with van der Waals surface area (Å²) in [5.74, 6) is 0.164. The van der Waals surface area contributed by atoms with Crippen molar-refractivity contribution >= 4 is 5.91 Å². The van der Waals surface area contributed by atoms with Gasteiger partial charge in [-0.15, -0.1) is 0 Å². The highest BCUT2D eigenvalue weighted by Gasteiger charge is 2.50. The lowest BCUT2D eigenvalue weighted by molar-refractivity contribution is -0.110. The van der Waals surface area contributed by atoms with Gasteiger partial charge < -0.3 is 10.0 Å². The SMILES string of the molecule is O=C(c1ccccc1)N1CCC(O)(c2cccnc2)[C@H]2CCCC[C@@H]21. The number of benzene rings is 1. The van der Waals surface area contributed by atoms with E-state index in [9.17, 15) is 9.90 Å². The van der Waals surface area contributed by atoms with Crippen LogP contribution in [0.1, 0.15) is 48.0 Å². The quantitative estimate of drug-likeness (QED) is 0.915. The Morgan fingerprint density at radius 2 is 1.92 bits per heavy atom. The van der Waals surface area contributed by atoms with Crippen LogP contribution in [0.5, 0.6) is 0 Å². The normalized spacial score (nSPS) is 29.1. The second kappa shape index (κ2) is 6.60. The first-order valence-electron chi connectivity index (χ1n) is 9.19. The Morgan fingerprint density at radius 1 is 1.12 bits per heavy atom. The highest BCUT2D eigenvalue weighted by atomic mass is 16.3. The zero-order valence-corrected chi connectivity index (χ0v) is 14.3. The Hall–Kier alpha value is -2.20. The fraction of sp³-hybridized carbons (Fsp3) is 0.429. The molecule has 3 atom stereocenters. The van der Waals surface area contributed by atoms with Crippen molar-refractivity contribution in [2.45, 2.75) is 43.7 Å². The van der Waals surface area contributed by atoms with Crippen LogP contribution in [0.2, 0.25) is 0 Å². The van der Waals surface area contributed by atoms with Crippen LogP contribution in [0.4, 0.5) is 0 Å². The number of piperidine rings is 1. The smallest absolute Gasteiger partial charge is 0.254 e. The number of rotatable bonds is 2. The minimum absolute atomic E-state index is 0.0758. The third-order valence-corrected chi connectivity index (χ3v) is 5.92. The number of hydrogen-bond donors (Lipinski definition) is 1. The predicted octanol–water partition coefficient (Wildman–Crippen LogP) is 3.37. The minimum atomic E-state index is -0.882. The molecule has 1 saturated heterocycles. The monoisotopic (exact) mass is 336 g/mol. The van der Waals surface area contributed by atoms with Gasteiger partial charge in [0.05, 0.1) is 5.60 Å². The van der Waals surface area contributed by atoms with Gasteiger partial charge in [-0.3, -0.25) is 9.78 Å². The van der Waals surface area contributed by atoms with Crippen LogP contribution in [0.3, 0.4) is 0 Å². The molecule has 4 rings (SSSR count). The maximum Gasteiger partial charge on any atom is 0.254 e. The molecule has 25 heavy (non-hydrogen) atoms. The Balaban J connectivity index is 1.66. The second-order valence-electron chi connectivity index (χ2n) is 7.24. The molecule has 2 aromatic rings. The standard InChI is InChI=1S/C21H24N2O2/c24-20(16-7-2-1-3-8-16)23-14-12-21(25,17-9-6-13-22-15-17)18-10-4-5-11-19(18)23/h1-3,6-9,13,15,18-19,25H,4-5,10-12,14H2/t18-,19-,21?/m0/s1. The number of fused-ring (bicyclic) bond motifs is 1. The van der Waals surface area contributed by atoms with E-state index >= 15 is 0 Å². The molecule has 1 amide bonds. The fourth-order valence-corrected chi connectivity index (χ4v) is 4.66. The summed E-state index contributed by atoms with van der Waals surface area (Å²) in [5, 5.41) is 11.5. The molecule has 0 spiro atoms. The average Bonchev–Trinajstić information content (AvgIpc) is 2.69. The third kappa shape index (κ3) is 2.85. The summed E-state index contributed by atoms with van der Waals surface area (Å²) < 4.78 is 0. The molecule has 1 saturated carbocycles. The first kappa shape index (κ1) is 16.3. The van der Waals surface area contributed by atoms with Gasteiger partial charge in [0.15, 0.2) is 0 Å². The summed E-state index contributed by atoms with van der Waals surface area (Å²) in [6, 6.07) is 13.4. The third-order valence-electron chi connectivity index (χ3n) is 5.92. The molecular formula is C21H24N2O2. The van der Waals surface area contributed by atoms with E-state index < -0.39 is 5.60 Å². The summed E-state index contributed by atoms with van der Waals surface area (Å²) in [5.41, 5.74) is 0.740. The van der Waals surface area contributed by atoms with E-state index in [0.29, 0.717) is 13.0 Å². The highest BCUT2D eigenvalue weighted by molar-refractivity contribution is 5.94. The number of carbonyl (C=O) groups excluding carboxylic acids is 1. The Labute approximate surface area is 148 Å². The van der Waals surface area contributed by atoms with Crippen LogP contribution in [0.25, 0.3) is 0 Å². The van der Waals surface area contributed by atoms with Gasteiger partial charge in [-0.25, -0.2) is 0 Å². The molecule has 1 aromatic carbocycles. The summed E-state index contributed by atoms with van der Waals surface area (Å²) >= 11 is 0. The van der Waals surface area contributed by atoms with E-state index in [1.54, 1.807) is 12.4 Å². The topological polar surface area (TPSA) is 53.4 Å². The lowest BCUT2D eigenvalue weighted by atomic mass is 9.66. The van der Waals surface area contributed by atoms with E-state index in [-0.39, 0.29) is 17.9 Å². The molecule has 1 unspecified atom stereocenters. The lowest BCUT2D eigenvalue weighted by Gasteiger charge is -2.52. The van der Waals surface area contributed by atoms with Gasteiger partial charge in [-0.2, -0.15) is 0 Å². The first-order chi connectivity index (χ1) is 12.2. The highest BCUT2D eigenvalue weighted by Crippen LogP contribution is 2.47. The van der Waals surface area contributed by atoms with E-state index in [2.05, 4.69) is 4.98 Å². The van der Waals surface area contributed by atoms with Crippen molar-refractivity contribution in [1.82, 2.24) is 9.88 Å². The van der Waals surface area contributed by atoms with Gasteiger partial charge in [0, 0.05) is 42.0 Å². The van der Waals surface area contributed by atoms with Crippen LogP contribution in [0, 0.1) is 5.92 Å². The van der Waals surface area contributed by atoms with Crippen molar-refractivity contribution < 1.29 is 9.90 Å². The summed E-state index contributed by atoms with van der Waals surface area (Å²) in [4.78, 5) is 19.2. The van der Waals surface area contributed by atoms with Crippen molar-refractivity contribution in [2.75, 3.05) is 6.54 Å². The van der Waals surface area contributed by atoms with Gasteiger partial charge in [0.25, 0.3) is 5.91 Å². The number of pyridine rings is 1. The summed E-state index contributed by atoms with van der Waals surface area (Å²) in [7, 11) is 0. The number of amides is 1. The van der Waals surface area contributed by atoms with Gasteiger partial charge in [0.1, 0.15) is 0 Å². The molecule has 1 N–H and O–H groups in total. The maximum absolute atomic E-state index is 13.0. The molecular weight excluding hydrogens is 312 g/mol. The fourth-order valence-electron chi connectivity index (χ4n) is 4.66. The van der Waals surface area contributed by atoms with E-state index in [1.165, 1.54) is 0 Å². The number of hydrogen-bond acceptors (Lipinski definition) is 3. The largest absolute Gasteiger partial charge is 0.385 e. The van der Waals surface area contributed by atoms with Crippen LogP contribution in [-0.4, -0.2) is 33.5 Å². The maximum atomic E-state index is 13.0. The molecule has 4 nitrogen and oxygen atoms in total. The predicted molar refractivity (Wildman–Crippen MR) is 96.0 cm³/mol. The number of aromatic nitrogens is 1. The van der Waals surface area contributed by atoms with Crippen molar-refractivity contribution in [3.05, 3.63) is 66.0 Å². The van der Waals surface area contributed by atoms with Crippen molar-refractivity contribution in [3.8, 4) is 0 Å². The molecule has 0 bridgehead atoms. The molecule has 2 heterocycles. The van der Waals surface area contributed by atoms with E-state index in [4.69, 9.17) is 0 Å². The van der Waals surface area contributed by atoms with Crippen molar-refractivity contribution in [1.29, 1.82) is 0 Å². The van der Waals surface area contributed by atoms with Crippen LogP contribution < -0.4 is 0 Å². The van der Waals surface area contributed by atoms with E-state index in [0.717, 1.165) is 36.8 Å². The number of aliphatic hydroxyl groups is 1. The van der Waals surface area contributed by atoms with Gasteiger partial charge in [0.2, 0.25) is 0 Å². The second-order valence-corrected chi connectivity index (χ2v) is 7.24. The Kier molecular flexibility index (Phi) is 4.30. The summed E-state index contributed by atoms with van der Waals surface area (Å²) in [6.45, 7) is 0.584. The zero-order valence-electron chi connectivity index (χ0n) is 14.3. The van der Waals surface area contributed by atoms with E-state index in [1.807, 2.05) is 47.4 Å². The minimum Gasteiger partial charge on any atom is -0.385 e.